The maximum atomic E-state index is 11.7. The first-order valence-corrected chi connectivity index (χ1v) is 11.5. The van der Waals surface area contributed by atoms with Crippen molar-refractivity contribution in [3.63, 3.8) is 0 Å². The van der Waals surface area contributed by atoms with Crippen molar-refractivity contribution in [2.24, 2.45) is 0 Å². The molecular weight excluding hydrogens is 416 g/mol. The molecule has 0 amide bonds. The minimum absolute atomic E-state index is 0.0828. The molecule has 184 valence electrons. The number of aliphatic hydroxyl groups excluding tert-OH is 2. The Morgan fingerprint density at radius 1 is 0.781 bits per heavy atom. The van der Waals surface area contributed by atoms with Crippen LogP contribution in [0.2, 0.25) is 0 Å². The molecule has 0 saturated carbocycles. The van der Waals surface area contributed by atoms with Gasteiger partial charge in [0.15, 0.2) is 0 Å². The number of hydrogen-bond acceptors (Lipinski definition) is 7. The maximum absolute atomic E-state index is 11.7. The molecule has 4 unspecified atom stereocenters. The van der Waals surface area contributed by atoms with Crippen LogP contribution in [0, 0.1) is 0 Å². The van der Waals surface area contributed by atoms with Gasteiger partial charge in [-0.25, -0.2) is 9.59 Å². The van der Waals surface area contributed by atoms with E-state index in [9.17, 15) is 24.6 Å². The number of unbranched alkanes of at least 4 members (excludes halogenated alkanes) is 6. The minimum atomic E-state index is -1.14. The summed E-state index contributed by atoms with van der Waals surface area (Å²) >= 11 is 0. The SMILES string of the molecule is C=CC(=O)OC(CCCCCCCC(=O)O)C(O)CC(OC(=O)C=C)C(O)CCCCC. The Kier molecular flexibility index (Phi) is 17.1. The average molecular weight is 457 g/mol. The number of carboxylic acids is 1. The molecule has 0 rings (SSSR count). The molecule has 0 heterocycles. The van der Waals surface area contributed by atoms with Gasteiger partial charge in [0.05, 0.1) is 12.2 Å². The van der Waals surface area contributed by atoms with Gasteiger partial charge in [0, 0.05) is 25.0 Å². The first-order chi connectivity index (χ1) is 15.2. The van der Waals surface area contributed by atoms with Crippen molar-refractivity contribution in [1.82, 2.24) is 0 Å². The molecule has 0 aromatic heterocycles. The summed E-state index contributed by atoms with van der Waals surface area (Å²) in [5.74, 6) is -2.18. The van der Waals surface area contributed by atoms with Crippen molar-refractivity contribution < 1.29 is 39.2 Å². The van der Waals surface area contributed by atoms with Crippen molar-refractivity contribution >= 4 is 17.9 Å². The first kappa shape index (κ1) is 29.8. The Morgan fingerprint density at radius 2 is 1.31 bits per heavy atom. The monoisotopic (exact) mass is 456 g/mol. The lowest BCUT2D eigenvalue weighted by Crippen LogP contribution is -2.39. The van der Waals surface area contributed by atoms with E-state index in [1.165, 1.54) is 0 Å². The van der Waals surface area contributed by atoms with E-state index in [0.29, 0.717) is 25.7 Å². The zero-order valence-corrected chi connectivity index (χ0v) is 19.2. The third-order valence-corrected chi connectivity index (χ3v) is 5.18. The number of esters is 2. The molecule has 0 aliphatic heterocycles. The van der Waals surface area contributed by atoms with Crippen LogP contribution in [0.15, 0.2) is 25.3 Å². The summed E-state index contributed by atoms with van der Waals surface area (Å²) < 4.78 is 10.6. The average Bonchev–Trinajstić information content (AvgIpc) is 2.76. The molecule has 8 nitrogen and oxygen atoms in total. The van der Waals surface area contributed by atoms with Gasteiger partial charge in [-0.2, -0.15) is 0 Å². The Labute approximate surface area is 191 Å². The lowest BCUT2D eigenvalue weighted by Gasteiger charge is -2.29. The number of rotatable bonds is 20. The highest BCUT2D eigenvalue weighted by Gasteiger charge is 2.31. The predicted octanol–water partition coefficient (Wildman–Crippen LogP) is 3.69. The number of carbonyl (C=O) groups is 3. The van der Waals surface area contributed by atoms with Gasteiger partial charge in [-0.1, -0.05) is 58.6 Å². The summed E-state index contributed by atoms with van der Waals surface area (Å²) in [5.41, 5.74) is 0. The smallest absolute Gasteiger partial charge is 0.330 e. The number of carboxylic acid groups (broad SMARTS) is 1. The van der Waals surface area contributed by atoms with Crippen LogP contribution < -0.4 is 0 Å². The fourth-order valence-electron chi connectivity index (χ4n) is 3.34. The quantitative estimate of drug-likeness (QED) is 0.144. The standard InChI is InChI=1S/C24H40O8/c1-4-7-11-14-18(25)21(32-24(30)6-3)17-19(26)20(31-23(29)5-2)15-12-9-8-10-13-16-22(27)28/h5-6,18-21,25-26H,2-4,7-17H2,1H3,(H,27,28). The predicted molar refractivity (Wildman–Crippen MR) is 121 cm³/mol. The number of aliphatic hydroxyl groups is 2. The molecule has 0 aliphatic carbocycles. The molecule has 0 spiro atoms. The summed E-state index contributed by atoms with van der Waals surface area (Å²) in [6.07, 6.45) is 5.33. The van der Waals surface area contributed by atoms with Gasteiger partial charge in [-0.05, 0) is 25.7 Å². The first-order valence-electron chi connectivity index (χ1n) is 11.5. The fraction of sp³-hybridized carbons (Fsp3) is 0.708. The van der Waals surface area contributed by atoms with E-state index in [-0.39, 0.29) is 12.8 Å². The Balaban J connectivity index is 4.90. The Bertz CT molecular complexity index is 574. The highest BCUT2D eigenvalue weighted by atomic mass is 16.6. The number of aliphatic carboxylic acids is 1. The third-order valence-electron chi connectivity index (χ3n) is 5.18. The van der Waals surface area contributed by atoms with Crippen molar-refractivity contribution in [3.05, 3.63) is 25.3 Å². The summed E-state index contributed by atoms with van der Waals surface area (Å²) in [6.45, 7) is 8.77. The van der Waals surface area contributed by atoms with Crippen LogP contribution in [-0.4, -0.2) is 57.6 Å². The van der Waals surface area contributed by atoms with E-state index in [0.717, 1.165) is 50.7 Å². The van der Waals surface area contributed by atoms with Crippen molar-refractivity contribution in [2.45, 2.75) is 108 Å². The van der Waals surface area contributed by atoms with E-state index in [1.807, 2.05) is 6.92 Å². The molecule has 0 aromatic rings. The highest BCUT2D eigenvalue weighted by molar-refractivity contribution is 5.81. The molecule has 32 heavy (non-hydrogen) atoms. The van der Waals surface area contributed by atoms with Gasteiger partial charge in [-0.15, -0.1) is 0 Å². The summed E-state index contributed by atoms with van der Waals surface area (Å²) in [6, 6.07) is 0. The fourth-order valence-corrected chi connectivity index (χ4v) is 3.34. The second-order valence-corrected chi connectivity index (χ2v) is 7.93. The van der Waals surface area contributed by atoms with Crippen LogP contribution in [0.5, 0.6) is 0 Å². The van der Waals surface area contributed by atoms with Crippen molar-refractivity contribution in [1.29, 1.82) is 0 Å². The molecule has 0 bridgehead atoms. The van der Waals surface area contributed by atoms with E-state index in [2.05, 4.69) is 13.2 Å². The van der Waals surface area contributed by atoms with E-state index in [1.54, 1.807) is 0 Å². The Morgan fingerprint density at radius 3 is 1.88 bits per heavy atom. The van der Waals surface area contributed by atoms with Gasteiger partial charge < -0.3 is 24.8 Å². The van der Waals surface area contributed by atoms with Gasteiger partial charge in [0.25, 0.3) is 0 Å². The number of carbonyl (C=O) groups excluding carboxylic acids is 2. The van der Waals surface area contributed by atoms with Crippen LogP contribution in [0.3, 0.4) is 0 Å². The molecular formula is C24H40O8. The van der Waals surface area contributed by atoms with Gasteiger partial charge in [-0.3, -0.25) is 4.79 Å². The van der Waals surface area contributed by atoms with Crippen molar-refractivity contribution in [3.8, 4) is 0 Å². The van der Waals surface area contributed by atoms with Gasteiger partial charge in [0.2, 0.25) is 0 Å². The summed E-state index contributed by atoms with van der Waals surface area (Å²) in [4.78, 5) is 34.0. The number of hydrogen-bond donors (Lipinski definition) is 3. The van der Waals surface area contributed by atoms with Crippen LogP contribution in [0.25, 0.3) is 0 Å². The normalized spacial score (nSPS) is 14.6. The van der Waals surface area contributed by atoms with Crippen LogP contribution >= 0.6 is 0 Å². The second-order valence-electron chi connectivity index (χ2n) is 7.93. The molecule has 0 radical (unpaired) electrons. The van der Waals surface area contributed by atoms with E-state index < -0.39 is 42.3 Å². The van der Waals surface area contributed by atoms with Crippen LogP contribution in [-0.2, 0) is 23.9 Å². The molecule has 8 heteroatoms. The van der Waals surface area contributed by atoms with E-state index >= 15 is 0 Å². The zero-order valence-electron chi connectivity index (χ0n) is 19.2. The lowest BCUT2D eigenvalue weighted by molar-refractivity contribution is -0.159. The maximum Gasteiger partial charge on any atom is 0.330 e. The zero-order chi connectivity index (χ0) is 24.4. The molecule has 4 atom stereocenters. The summed E-state index contributed by atoms with van der Waals surface area (Å²) in [7, 11) is 0. The van der Waals surface area contributed by atoms with Crippen molar-refractivity contribution in [2.75, 3.05) is 0 Å². The largest absolute Gasteiger partial charge is 0.481 e. The topological polar surface area (TPSA) is 130 Å². The lowest BCUT2D eigenvalue weighted by atomic mass is 9.96. The van der Waals surface area contributed by atoms with E-state index in [4.69, 9.17) is 14.6 Å². The molecule has 0 saturated heterocycles. The molecule has 0 aromatic carbocycles. The molecule has 3 N–H and O–H groups in total. The van der Waals surface area contributed by atoms with Gasteiger partial charge >= 0.3 is 17.9 Å². The minimum Gasteiger partial charge on any atom is -0.481 e. The second kappa shape index (κ2) is 18.4. The molecule has 0 fully saturated rings. The van der Waals surface area contributed by atoms with Crippen LogP contribution in [0.4, 0.5) is 0 Å². The summed E-state index contributed by atoms with van der Waals surface area (Å²) in [5, 5.41) is 29.9. The highest BCUT2D eigenvalue weighted by Crippen LogP contribution is 2.21. The van der Waals surface area contributed by atoms with Crippen LogP contribution in [0.1, 0.15) is 84.0 Å². The number of ether oxygens (including phenoxy) is 2. The molecule has 0 aliphatic rings. The Hall–Kier alpha value is -2.19. The third kappa shape index (κ3) is 14.8. The van der Waals surface area contributed by atoms with Gasteiger partial charge in [0.1, 0.15) is 12.2 Å².